The summed E-state index contributed by atoms with van der Waals surface area (Å²) in [6.45, 7) is 4.05. The van der Waals surface area contributed by atoms with E-state index in [4.69, 9.17) is 9.47 Å². The van der Waals surface area contributed by atoms with Crippen LogP contribution < -0.4 is 9.47 Å². The minimum atomic E-state index is -0.421. The molecular weight excluding hydrogens is 236 g/mol. The second-order valence-corrected chi connectivity index (χ2v) is 4.47. The maximum Gasteiger partial charge on any atom is 0.260 e. The Hall–Kier alpha value is -2.22. The lowest BCUT2D eigenvalue weighted by Gasteiger charge is -2.18. The van der Waals surface area contributed by atoms with Crippen molar-refractivity contribution in [2.24, 2.45) is 0 Å². The Kier molecular flexibility index (Phi) is 4.62. The van der Waals surface area contributed by atoms with E-state index in [9.17, 15) is 0 Å². The summed E-state index contributed by atoms with van der Waals surface area (Å²) in [5.41, 5.74) is 1.15. The van der Waals surface area contributed by atoms with Crippen LogP contribution in [0.3, 0.4) is 0 Å². The summed E-state index contributed by atoms with van der Waals surface area (Å²) in [5.74, 6) is 1.59. The standard InChI is InChI=1S/C17H18O2/c1-14(2)13-17(18-15-9-5-3-6-10-15)19-16-11-7-4-8-12-16/h3-13,17H,1-2H3. The van der Waals surface area contributed by atoms with Crippen LogP contribution in [0.1, 0.15) is 13.8 Å². The highest BCUT2D eigenvalue weighted by Crippen LogP contribution is 2.17. The molecule has 0 saturated carbocycles. The zero-order chi connectivity index (χ0) is 13.5. The average molecular weight is 254 g/mol. The van der Waals surface area contributed by atoms with Gasteiger partial charge in [0.1, 0.15) is 11.5 Å². The molecule has 0 N–H and O–H groups in total. The van der Waals surface area contributed by atoms with Crippen LogP contribution >= 0.6 is 0 Å². The minimum absolute atomic E-state index is 0.421. The van der Waals surface area contributed by atoms with E-state index in [0.717, 1.165) is 17.1 Å². The molecular formula is C17H18O2. The van der Waals surface area contributed by atoms with E-state index in [0.29, 0.717) is 0 Å². The molecule has 0 spiro atoms. The van der Waals surface area contributed by atoms with Crippen molar-refractivity contribution in [2.75, 3.05) is 0 Å². The maximum absolute atomic E-state index is 5.83. The topological polar surface area (TPSA) is 18.5 Å². The van der Waals surface area contributed by atoms with Gasteiger partial charge in [0.05, 0.1) is 0 Å². The Morgan fingerprint density at radius 1 is 0.789 bits per heavy atom. The molecule has 0 fully saturated rings. The number of rotatable bonds is 5. The van der Waals surface area contributed by atoms with Gasteiger partial charge in [-0.25, -0.2) is 0 Å². The molecule has 0 amide bonds. The Morgan fingerprint density at radius 3 is 1.58 bits per heavy atom. The summed E-state index contributed by atoms with van der Waals surface area (Å²) >= 11 is 0. The summed E-state index contributed by atoms with van der Waals surface area (Å²) in [6.07, 6.45) is 1.54. The minimum Gasteiger partial charge on any atom is -0.451 e. The van der Waals surface area contributed by atoms with Crippen molar-refractivity contribution in [3.05, 3.63) is 72.3 Å². The van der Waals surface area contributed by atoms with Crippen LogP contribution in [0, 0.1) is 0 Å². The first-order valence-electron chi connectivity index (χ1n) is 6.32. The second kappa shape index (κ2) is 6.64. The van der Waals surface area contributed by atoms with Gasteiger partial charge < -0.3 is 9.47 Å². The van der Waals surface area contributed by atoms with Crippen LogP contribution in [0.25, 0.3) is 0 Å². The molecule has 2 heteroatoms. The maximum atomic E-state index is 5.83. The van der Waals surface area contributed by atoms with Gasteiger partial charge in [-0.05, 0) is 44.2 Å². The van der Waals surface area contributed by atoms with Crippen LogP contribution in [0.5, 0.6) is 11.5 Å². The van der Waals surface area contributed by atoms with Crippen LogP contribution in [0.15, 0.2) is 72.3 Å². The Balaban J connectivity index is 2.11. The summed E-state index contributed by atoms with van der Waals surface area (Å²) in [6, 6.07) is 19.4. The molecule has 0 bridgehead atoms. The summed E-state index contributed by atoms with van der Waals surface area (Å²) < 4.78 is 11.7. The Labute approximate surface area is 114 Å². The number of ether oxygens (including phenoxy) is 2. The monoisotopic (exact) mass is 254 g/mol. The van der Waals surface area contributed by atoms with Gasteiger partial charge in [0.25, 0.3) is 6.29 Å². The SMILES string of the molecule is CC(C)=CC(Oc1ccccc1)Oc1ccccc1. The van der Waals surface area contributed by atoms with Gasteiger partial charge in [-0.2, -0.15) is 0 Å². The van der Waals surface area contributed by atoms with Crippen LogP contribution in [-0.2, 0) is 0 Å². The summed E-state index contributed by atoms with van der Waals surface area (Å²) in [4.78, 5) is 0. The van der Waals surface area contributed by atoms with E-state index in [1.807, 2.05) is 80.6 Å². The van der Waals surface area contributed by atoms with Gasteiger partial charge in [0.15, 0.2) is 0 Å². The predicted octanol–water partition coefficient (Wildman–Crippen LogP) is 4.44. The molecule has 19 heavy (non-hydrogen) atoms. The average Bonchev–Trinajstić information content (AvgIpc) is 2.40. The highest BCUT2D eigenvalue weighted by Gasteiger charge is 2.08. The molecule has 0 heterocycles. The lowest BCUT2D eigenvalue weighted by Crippen LogP contribution is -2.21. The first-order chi connectivity index (χ1) is 9.24. The molecule has 2 aromatic carbocycles. The predicted molar refractivity (Wildman–Crippen MR) is 77.4 cm³/mol. The van der Waals surface area contributed by atoms with Crippen molar-refractivity contribution < 1.29 is 9.47 Å². The molecule has 0 saturated heterocycles. The number of para-hydroxylation sites is 2. The van der Waals surface area contributed by atoms with E-state index < -0.39 is 6.29 Å². The van der Waals surface area contributed by atoms with Crippen molar-refractivity contribution in [1.29, 1.82) is 0 Å². The largest absolute Gasteiger partial charge is 0.451 e. The normalized spacial score (nSPS) is 10.1. The molecule has 0 aliphatic heterocycles. The first kappa shape index (κ1) is 13.2. The molecule has 0 aliphatic rings. The lowest BCUT2D eigenvalue weighted by molar-refractivity contribution is 0.0466. The van der Waals surface area contributed by atoms with Crippen molar-refractivity contribution in [2.45, 2.75) is 20.1 Å². The van der Waals surface area contributed by atoms with E-state index in [2.05, 4.69) is 0 Å². The third-order valence-corrected chi connectivity index (χ3v) is 2.46. The molecule has 0 aromatic heterocycles. The molecule has 0 unspecified atom stereocenters. The van der Waals surface area contributed by atoms with Crippen molar-refractivity contribution >= 4 is 0 Å². The van der Waals surface area contributed by atoms with E-state index in [-0.39, 0.29) is 0 Å². The Bertz CT molecular complexity index is 472. The zero-order valence-electron chi connectivity index (χ0n) is 11.2. The number of benzene rings is 2. The zero-order valence-corrected chi connectivity index (χ0v) is 11.2. The van der Waals surface area contributed by atoms with Gasteiger partial charge in [-0.3, -0.25) is 0 Å². The lowest BCUT2D eigenvalue weighted by atomic mass is 10.3. The smallest absolute Gasteiger partial charge is 0.260 e. The highest BCUT2D eigenvalue weighted by atomic mass is 16.7. The molecule has 2 aromatic rings. The van der Waals surface area contributed by atoms with Crippen LogP contribution in [0.4, 0.5) is 0 Å². The number of hydrogen-bond acceptors (Lipinski definition) is 2. The molecule has 2 rings (SSSR count). The fraction of sp³-hybridized carbons (Fsp3) is 0.176. The van der Waals surface area contributed by atoms with Gasteiger partial charge >= 0.3 is 0 Å². The molecule has 0 radical (unpaired) electrons. The number of allylic oxidation sites excluding steroid dienone is 1. The van der Waals surface area contributed by atoms with Crippen molar-refractivity contribution in [3.8, 4) is 11.5 Å². The highest BCUT2D eigenvalue weighted by molar-refractivity contribution is 5.24. The summed E-state index contributed by atoms with van der Waals surface area (Å²) in [5, 5.41) is 0. The fourth-order valence-electron chi connectivity index (χ4n) is 1.63. The van der Waals surface area contributed by atoms with Gasteiger partial charge in [0, 0.05) is 0 Å². The third-order valence-electron chi connectivity index (χ3n) is 2.46. The van der Waals surface area contributed by atoms with E-state index >= 15 is 0 Å². The quantitative estimate of drug-likeness (QED) is 0.580. The summed E-state index contributed by atoms with van der Waals surface area (Å²) in [7, 11) is 0. The van der Waals surface area contributed by atoms with Crippen LogP contribution in [-0.4, -0.2) is 6.29 Å². The van der Waals surface area contributed by atoms with Crippen LogP contribution in [0.2, 0.25) is 0 Å². The second-order valence-electron chi connectivity index (χ2n) is 4.47. The molecule has 0 aliphatic carbocycles. The first-order valence-corrected chi connectivity index (χ1v) is 6.32. The van der Waals surface area contributed by atoms with Gasteiger partial charge in [-0.15, -0.1) is 0 Å². The molecule has 98 valence electrons. The van der Waals surface area contributed by atoms with E-state index in [1.165, 1.54) is 0 Å². The third kappa shape index (κ3) is 4.51. The van der Waals surface area contributed by atoms with Crippen molar-refractivity contribution in [1.82, 2.24) is 0 Å². The van der Waals surface area contributed by atoms with Gasteiger partial charge in [0.2, 0.25) is 0 Å². The van der Waals surface area contributed by atoms with Gasteiger partial charge in [-0.1, -0.05) is 42.0 Å². The molecule has 0 atom stereocenters. The molecule has 2 nitrogen and oxygen atoms in total. The van der Waals surface area contributed by atoms with Crippen molar-refractivity contribution in [3.63, 3.8) is 0 Å². The number of hydrogen-bond donors (Lipinski definition) is 0. The van der Waals surface area contributed by atoms with E-state index in [1.54, 1.807) is 0 Å². The Morgan fingerprint density at radius 2 is 1.21 bits per heavy atom. The fourth-order valence-corrected chi connectivity index (χ4v) is 1.63.